The second-order valence-electron chi connectivity index (χ2n) is 9.06. The lowest BCUT2D eigenvalue weighted by Gasteiger charge is -2.17. The minimum absolute atomic E-state index is 0.193. The Kier molecular flexibility index (Phi) is 8.83. The van der Waals surface area contributed by atoms with E-state index in [9.17, 15) is 14.4 Å². The van der Waals surface area contributed by atoms with Crippen LogP contribution < -0.4 is 31.0 Å². The third-order valence-electron chi connectivity index (χ3n) is 6.43. The first kappa shape index (κ1) is 28.6. The normalized spacial score (nSPS) is 10.5. The molecule has 0 bridgehead atoms. The van der Waals surface area contributed by atoms with Crippen LogP contribution in [0.15, 0.2) is 84.8 Å². The smallest absolute Gasteiger partial charge is 0.258 e. The van der Waals surface area contributed by atoms with Crippen LogP contribution in [0.2, 0.25) is 0 Å². The number of aromatic nitrogens is 2. The maximum absolute atomic E-state index is 13.9. The lowest BCUT2D eigenvalue weighted by atomic mass is 10.0. The Morgan fingerprint density at radius 3 is 2.37 bits per heavy atom. The van der Waals surface area contributed by atoms with Crippen molar-refractivity contribution in [2.45, 2.75) is 13.5 Å². The molecule has 0 fully saturated rings. The number of nitrogens with one attached hydrogen (secondary N) is 3. The Balaban J connectivity index is 1.84. The number of para-hydroxylation sites is 1. The Morgan fingerprint density at radius 2 is 1.71 bits per heavy atom. The van der Waals surface area contributed by atoms with Gasteiger partial charge in [-0.15, -0.1) is 0 Å². The van der Waals surface area contributed by atoms with Crippen LogP contribution in [0.3, 0.4) is 0 Å². The van der Waals surface area contributed by atoms with Crippen molar-refractivity contribution in [1.29, 1.82) is 0 Å². The van der Waals surface area contributed by atoms with Crippen molar-refractivity contribution in [3.05, 3.63) is 96.0 Å². The van der Waals surface area contributed by atoms with Gasteiger partial charge in [0.25, 0.3) is 5.56 Å². The van der Waals surface area contributed by atoms with Crippen LogP contribution >= 0.6 is 0 Å². The molecule has 10 nitrogen and oxygen atoms in total. The number of nitrogens with zero attached hydrogens (tertiary/aromatic N) is 2. The monoisotopic (exact) mass is 553 g/mol. The lowest BCUT2D eigenvalue weighted by Crippen LogP contribution is -2.30. The number of carbonyl (C=O) groups is 2. The van der Waals surface area contributed by atoms with Gasteiger partial charge in [0, 0.05) is 42.4 Å². The number of ether oxygens (including phenoxy) is 2. The van der Waals surface area contributed by atoms with E-state index in [1.54, 1.807) is 61.4 Å². The second kappa shape index (κ2) is 12.6. The zero-order chi connectivity index (χ0) is 29.5. The van der Waals surface area contributed by atoms with Crippen LogP contribution in [0.1, 0.15) is 5.56 Å². The molecule has 0 atom stereocenters. The van der Waals surface area contributed by atoms with E-state index >= 15 is 0 Å². The molecule has 0 aliphatic carbocycles. The SMILES string of the molecule is C=CC(=O)NCCn1c(=O)c(-c2cc(OC)cc(OC)c2)cc2cnc(Nc3c(C)cccc3NC(=O)C=C)cc21. The molecule has 0 aliphatic rings. The molecular formula is C31H31N5O5. The highest BCUT2D eigenvalue weighted by Crippen LogP contribution is 2.32. The summed E-state index contributed by atoms with van der Waals surface area (Å²) in [6, 6.07) is 14.3. The van der Waals surface area contributed by atoms with E-state index in [0.717, 1.165) is 5.56 Å². The molecule has 0 unspecified atom stereocenters. The van der Waals surface area contributed by atoms with E-state index < -0.39 is 0 Å². The molecule has 10 heteroatoms. The molecule has 2 amide bonds. The predicted molar refractivity (Wildman–Crippen MR) is 161 cm³/mol. The molecule has 0 spiro atoms. The minimum Gasteiger partial charge on any atom is -0.497 e. The number of carbonyl (C=O) groups excluding carboxylic acids is 2. The average Bonchev–Trinajstić information content (AvgIpc) is 2.99. The van der Waals surface area contributed by atoms with Gasteiger partial charge in [-0.2, -0.15) is 0 Å². The highest BCUT2D eigenvalue weighted by molar-refractivity contribution is 6.02. The Morgan fingerprint density at radius 1 is 1.00 bits per heavy atom. The topological polar surface area (TPSA) is 124 Å². The van der Waals surface area contributed by atoms with E-state index in [1.807, 2.05) is 19.1 Å². The molecule has 2 aromatic carbocycles. The van der Waals surface area contributed by atoms with Crippen molar-refractivity contribution >= 4 is 39.9 Å². The van der Waals surface area contributed by atoms with E-state index in [1.165, 1.54) is 12.2 Å². The number of amides is 2. The summed E-state index contributed by atoms with van der Waals surface area (Å²) in [5.41, 5.74) is 3.45. The average molecular weight is 554 g/mol. The standard InChI is InChI=1S/C31H31N5O5/c1-6-28(37)32-11-12-36-26-17-27(35-30-19(3)9-8-10-25(30)34-29(38)7-2)33-18-21(26)15-24(31(36)39)20-13-22(40-4)16-23(14-20)41-5/h6-10,13-18H,1-2,11-12H2,3-5H3,(H,32,37)(H,33,35)(H,34,38). The van der Waals surface area contributed by atoms with E-state index in [4.69, 9.17) is 9.47 Å². The molecule has 4 aromatic rings. The summed E-state index contributed by atoms with van der Waals surface area (Å²) in [4.78, 5) is 42.3. The predicted octanol–water partition coefficient (Wildman–Crippen LogP) is 4.56. The van der Waals surface area contributed by atoms with Gasteiger partial charge in [0.2, 0.25) is 11.8 Å². The number of benzene rings is 2. The molecule has 210 valence electrons. The Labute approximate surface area is 237 Å². The van der Waals surface area contributed by atoms with Gasteiger partial charge >= 0.3 is 0 Å². The van der Waals surface area contributed by atoms with Crippen LogP contribution in [-0.4, -0.2) is 42.1 Å². The van der Waals surface area contributed by atoms with Gasteiger partial charge in [0.1, 0.15) is 17.3 Å². The van der Waals surface area contributed by atoms with Gasteiger partial charge in [-0.25, -0.2) is 4.98 Å². The fraction of sp³-hybridized carbons (Fsp3) is 0.161. The molecule has 4 rings (SSSR count). The maximum Gasteiger partial charge on any atom is 0.258 e. The molecular weight excluding hydrogens is 522 g/mol. The highest BCUT2D eigenvalue weighted by Gasteiger charge is 2.16. The number of hydrogen-bond acceptors (Lipinski definition) is 7. The molecule has 3 N–H and O–H groups in total. The van der Waals surface area contributed by atoms with E-state index in [2.05, 4.69) is 34.1 Å². The van der Waals surface area contributed by atoms with Crippen LogP contribution in [0.4, 0.5) is 17.2 Å². The van der Waals surface area contributed by atoms with Crippen LogP contribution in [0.25, 0.3) is 22.0 Å². The molecule has 0 saturated heterocycles. The fourth-order valence-electron chi connectivity index (χ4n) is 4.35. The molecule has 2 aromatic heterocycles. The number of anilines is 3. The maximum atomic E-state index is 13.9. The summed E-state index contributed by atoms with van der Waals surface area (Å²) in [6.07, 6.45) is 4.04. The first-order valence-corrected chi connectivity index (χ1v) is 12.7. The first-order valence-electron chi connectivity index (χ1n) is 12.7. The van der Waals surface area contributed by atoms with Crippen LogP contribution in [-0.2, 0) is 16.1 Å². The number of hydrogen-bond donors (Lipinski definition) is 3. The molecule has 0 saturated carbocycles. The van der Waals surface area contributed by atoms with Gasteiger partial charge < -0.3 is 30.0 Å². The van der Waals surface area contributed by atoms with E-state index in [0.29, 0.717) is 50.7 Å². The third-order valence-corrected chi connectivity index (χ3v) is 6.43. The van der Waals surface area contributed by atoms with Crippen molar-refractivity contribution in [2.24, 2.45) is 0 Å². The number of aryl methyl sites for hydroxylation is 1. The summed E-state index contributed by atoms with van der Waals surface area (Å²) >= 11 is 0. The summed E-state index contributed by atoms with van der Waals surface area (Å²) < 4.78 is 12.4. The van der Waals surface area contributed by atoms with Crippen molar-refractivity contribution in [1.82, 2.24) is 14.9 Å². The highest BCUT2D eigenvalue weighted by atomic mass is 16.5. The molecule has 2 heterocycles. The molecule has 0 aliphatic heterocycles. The first-order chi connectivity index (χ1) is 19.8. The van der Waals surface area contributed by atoms with Crippen molar-refractivity contribution in [2.75, 3.05) is 31.4 Å². The minimum atomic E-state index is -0.345. The number of methoxy groups -OCH3 is 2. The van der Waals surface area contributed by atoms with E-state index in [-0.39, 0.29) is 30.5 Å². The van der Waals surface area contributed by atoms with Crippen LogP contribution in [0.5, 0.6) is 11.5 Å². The van der Waals surface area contributed by atoms with Gasteiger partial charge in [-0.05, 0) is 54.5 Å². The number of fused-ring (bicyclic) bond motifs is 1. The fourth-order valence-corrected chi connectivity index (χ4v) is 4.35. The summed E-state index contributed by atoms with van der Waals surface area (Å²) in [5.74, 6) is 0.855. The van der Waals surface area contributed by atoms with Gasteiger partial charge in [-0.3, -0.25) is 14.4 Å². The van der Waals surface area contributed by atoms with Crippen molar-refractivity contribution in [3.8, 4) is 22.6 Å². The Hall–Kier alpha value is -5.38. The zero-order valence-corrected chi connectivity index (χ0v) is 23.1. The number of rotatable bonds is 11. The summed E-state index contributed by atoms with van der Waals surface area (Å²) in [5, 5.41) is 9.50. The van der Waals surface area contributed by atoms with Gasteiger partial charge in [0.15, 0.2) is 0 Å². The Bertz CT molecular complexity index is 1690. The quantitative estimate of drug-likeness (QED) is 0.233. The largest absolute Gasteiger partial charge is 0.497 e. The lowest BCUT2D eigenvalue weighted by molar-refractivity contribution is -0.116. The molecule has 41 heavy (non-hydrogen) atoms. The zero-order valence-electron chi connectivity index (χ0n) is 23.1. The summed E-state index contributed by atoms with van der Waals surface area (Å²) in [7, 11) is 3.08. The van der Waals surface area contributed by atoms with Gasteiger partial charge in [-0.1, -0.05) is 25.3 Å². The van der Waals surface area contributed by atoms with Crippen molar-refractivity contribution in [3.63, 3.8) is 0 Å². The van der Waals surface area contributed by atoms with Gasteiger partial charge in [0.05, 0.1) is 31.1 Å². The third kappa shape index (κ3) is 6.44. The van der Waals surface area contributed by atoms with Crippen LogP contribution in [0, 0.1) is 6.92 Å². The molecule has 0 radical (unpaired) electrons. The van der Waals surface area contributed by atoms with Crippen molar-refractivity contribution < 1.29 is 19.1 Å². The summed E-state index contributed by atoms with van der Waals surface area (Å²) in [6.45, 7) is 9.28. The second-order valence-corrected chi connectivity index (χ2v) is 9.06. The number of pyridine rings is 2.